The molecule has 1 aromatic carbocycles. The topological polar surface area (TPSA) is 76.0 Å². The number of primary amides is 1. The van der Waals surface area contributed by atoms with Crippen LogP contribution >= 0.6 is 0 Å². The largest absolute Gasteiger partial charge is 0.369 e. The maximum absolute atomic E-state index is 11.5. The number of hydrogen-bond donors (Lipinski definition) is 2. The first kappa shape index (κ1) is 13.3. The summed E-state index contributed by atoms with van der Waals surface area (Å²) in [6.07, 6.45) is 3.22. The number of nitrogens with two attached hydrogens (primary N) is 1. The van der Waals surface area contributed by atoms with E-state index in [4.69, 9.17) is 5.73 Å². The molecule has 1 aromatic heterocycles. The molecule has 19 heavy (non-hydrogen) atoms. The maximum atomic E-state index is 11.5. The number of nitrogens with one attached hydrogen (secondary N) is 1. The average molecular weight is 258 g/mol. The van der Waals surface area contributed by atoms with Gasteiger partial charge in [0.05, 0.1) is 5.41 Å². The van der Waals surface area contributed by atoms with Crippen LogP contribution < -0.4 is 5.73 Å². The van der Waals surface area contributed by atoms with Crippen molar-refractivity contribution in [2.45, 2.75) is 20.3 Å². The highest BCUT2D eigenvalue weighted by Gasteiger charge is 2.35. The number of aromatic nitrogens is 1. The number of aromatic amines is 1. The molecular formula is C15H18N2O2. The van der Waals surface area contributed by atoms with E-state index in [1.807, 2.05) is 30.5 Å². The molecule has 0 spiro atoms. The van der Waals surface area contributed by atoms with E-state index in [1.165, 1.54) is 0 Å². The van der Waals surface area contributed by atoms with E-state index in [2.05, 4.69) is 4.98 Å². The van der Waals surface area contributed by atoms with E-state index in [0.717, 1.165) is 22.8 Å². The van der Waals surface area contributed by atoms with E-state index in [9.17, 15) is 9.59 Å². The molecule has 0 fully saturated rings. The zero-order valence-electron chi connectivity index (χ0n) is 11.1. The first-order valence-corrected chi connectivity index (χ1v) is 6.27. The average Bonchev–Trinajstić information content (AvgIpc) is 2.78. The molecule has 2 aromatic rings. The maximum Gasteiger partial charge on any atom is 0.223 e. The third-order valence-electron chi connectivity index (χ3n) is 3.84. The molecule has 2 rings (SSSR count). The summed E-state index contributed by atoms with van der Waals surface area (Å²) < 4.78 is 0. The Morgan fingerprint density at radius 1 is 1.42 bits per heavy atom. The number of benzene rings is 1. The lowest BCUT2D eigenvalue weighted by Gasteiger charge is -2.26. The van der Waals surface area contributed by atoms with Crippen LogP contribution in [0, 0.1) is 11.3 Å². The van der Waals surface area contributed by atoms with Crippen LogP contribution in [0.25, 0.3) is 10.9 Å². The van der Waals surface area contributed by atoms with Crippen molar-refractivity contribution in [2.75, 3.05) is 0 Å². The van der Waals surface area contributed by atoms with E-state index in [0.29, 0.717) is 6.42 Å². The second-order valence-corrected chi connectivity index (χ2v) is 5.39. The fourth-order valence-corrected chi connectivity index (χ4v) is 2.19. The first-order chi connectivity index (χ1) is 8.96. The first-order valence-electron chi connectivity index (χ1n) is 6.27. The van der Waals surface area contributed by atoms with Crippen LogP contribution in [0.5, 0.6) is 0 Å². The van der Waals surface area contributed by atoms with Crippen LogP contribution in [0.3, 0.4) is 0 Å². The van der Waals surface area contributed by atoms with Crippen molar-refractivity contribution < 1.29 is 9.59 Å². The second-order valence-electron chi connectivity index (χ2n) is 5.39. The predicted octanol–water partition coefficient (Wildman–Crippen LogP) is 2.04. The Bertz CT molecular complexity index is 613. The zero-order chi connectivity index (χ0) is 14.0. The molecule has 1 atom stereocenters. The number of hydrogen-bond acceptors (Lipinski definition) is 2. The summed E-state index contributed by atoms with van der Waals surface area (Å²) in [4.78, 5) is 25.9. The number of rotatable bonds is 5. The third kappa shape index (κ3) is 2.38. The van der Waals surface area contributed by atoms with Crippen molar-refractivity contribution in [1.29, 1.82) is 0 Å². The monoisotopic (exact) mass is 258 g/mol. The minimum atomic E-state index is -0.847. The van der Waals surface area contributed by atoms with Crippen molar-refractivity contribution in [2.24, 2.45) is 17.1 Å². The molecule has 0 aliphatic heterocycles. The third-order valence-corrected chi connectivity index (χ3v) is 3.84. The van der Waals surface area contributed by atoms with E-state index >= 15 is 0 Å². The van der Waals surface area contributed by atoms with E-state index in [1.54, 1.807) is 13.8 Å². The second kappa shape index (κ2) is 4.88. The van der Waals surface area contributed by atoms with E-state index < -0.39 is 17.2 Å². The Balaban J connectivity index is 2.33. The van der Waals surface area contributed by atoms with Gasteiger partial charge in [-0.05, 0) is 18.1 Å². The number of para-hydroxylation sites is 1. The molecule has 1 unspecified atom stereocenters. The predicted molar refractivity (Wildman–Crippen MR) is 74.5 cm³/mol. The Hall–Kier alpha value is -2.10. The highest BCUT2D eigenvalue weighted by Crippen LogP contribution is 2.30. The van der Waals surface area contributed by atoms with Gasteiger partial charge in [0.2, 0.25) is 5.91 Å². The Kier molecular flexibility index (Phi) is 3.42. The standard InChI is InChI=1S/C15H18N2O2/c1-15(2,14(16)19)11(9-18)7-10-8-17-13-6-4-3-5-12(10)13/h3-6,8-9,11,17H,7H2,1-2H3,(H2,16,19). The SMILES string of the molecule is CC(C)(C(N)=O)C(C=O)Cc1c[nH]c2ccccc12. The van der Waals surface area contributed by atoms with Gasteiger partial charge < -0.3 is 15.5 Å². The van der Waals surface area contributed by atoms with Crippen molar-refractivity contribution in [3.05, 3.63) is 36.0 Å². The van der Waals surface area contributed by atoms with Gasteiger partial charge in [-0.3, -0.25) is 4.79 Å². The van der Waals surface area contributed by atoms with Crippen LogP contribution in [0.4, 0.5) is 0 Å². The molecule has 1 heterocycles. The smallest absolute Gasteiger partial charge is 0.223 e. The molecule has 4 nitrogen and oxygen atoms in total. The summed E-state index contributed by atoms with van der Waals surface area (Å²) >= 11 is 0. The zero-order valence-corrected chi connectivity index (χ0v) is 11.1. The van der Waals surface area contributed by atoms with Crippen molar-refractivity contribution in [1.82, 2.24) is 4.98 Å². The lowest BCUT2D eigenvalue weighted by molar-refractivity contribution is -0.132. The molecule has 0 bridgehead atoms. The number of carbonyl (C=O) groups excluding carboxylic acids is 2. The van der Waals surface area contributed by atoms with Crippen molar-refractivity contribution >= 4 is 23.1 Å². The van der Waals surface area contributed by atoms with Gasteiger partial charge in [-0.1, -0.05) is 32.0 Å². The minimum absolute atomic E-state index is 0.427. The lowest BCUT2D eigenvalue weighted by atomic mass is 9.76. The van der Waals surface area contributed by atoms with Crippen LogP contribution in [0.2, 0.25) is 0 Å². The van der Waals surface area contributed by atoms with Gasteiger partial charge in [-0.2, -0.15) is 0 Å². The van der Waals surface area contributed by atoms with Gasteiger partial charge >= 0.3 is 0 Å². The molecule has 100 valence electrons. The van der Waals surface area contributed by atoms with Gasteiger partial charge in [0.25, 0.3) is 0 Å². The van der Waals surface area contributed by atoms with Gasteiger partial charge in [-0.15, -0.1) is 0 Å². The molecule has 0 radical (unpaired) electrons. The van der Waals surface area contributed by atoms with Gasteiger partial charge in [0.15, 0.2) is 0 Å². The molecule has 0 saturated heterocycles. The summed E-state index contributed by atoms with van der Waals surface area (Å²) in [7, 11) is 0. The van der Waals surface area contributed by atoms with Crippen LogP contribution in [0.15, 0.2) is 30.5 Å². The molecule has 0 aliphatic carbocycles. The summed E-state index contributed by atoms with van der Waals surface area (Å²) in [5.74, 6) is -0.881. The summed E-state index contributed by atoms with van der Waals surface area (Å²) in [5.41, 5.74) is 6.59. The highest BCUT2D eigenvalue weighted by molar-refractivity contribution is 5.85. The normalized spacial score (nSPS) is 13.4. The Labute approximate surface area is 112 Å². The minimum Gasteiger partial charge on any atom is -0.369 e. The molecular weight excluding hydrogens is 240 g/mol. The number of H-pyrrole nitrogens is 1. The molecule has 0 aliphatic rings. The summed E-state index contributed by atoms with van der Waals surface area (Å²) in [6.45, 7) is 3.42. The van der Waals surface area contributed by atoms with E-state index in [-0.39, 0.29) is 0 Å². The summed E-state index contributed by atoms with van der Waals surface area (Å²) in [5, 5.41) is 1.08. The van der Waals surface area contributed by atoms with Crippen LogP contribution in [-0.2, 0) is 16.0 Å². The summed E-state index contributed by atoms with van der Waals surface area (Å²) in [6, 6.07) is 7.89. The molecule has 3 N–H and O–H groups in total. The number of amides is 1. The van der Waals surface area contributed by atoms with Crippen molar-refractivity contribution in [3.63, 3.8) is 0 Å². The Morgan fingerprint density at radius 2 is 2.11 bits per heavy atom. The molecule has 1 amide bonds. The van der Waals surface area contributed by atoms with Gasteiger partial charge in [-0.25, -0.2) is 0 Å². The molecule has 0 saturated carbocycles. The van der Waals surface area contributed by atoms with Crippen LogP contribution in [-0.4, -0.2) is 17.2 Å². The molecule has 4 heteroatoms. The van der Waals surface area contributed by atoms with Crippen molar-refractivity contribution in [3.8, 4) is 0 Å². The fraction of sp³-hybridized carbons (Fsp3) is 0.333. The highest BCUT2D eigenvalue weighted by atomic mass is 16.1. The lowest BCUT2D eigenvalue weighted by Crippen LogP contribution is -2.40. The van der Waals surface area contributed by atoms with Gasteiger partial charge in [0.1, 0.15) is 6.29 Å². The fourth-order valence-electron chi connectivity index (χ4n) is 2.19. The number of fused-ring (bicyclic) bond motifs is 1. The quantitative estimate of drug-likeness (QED) is 0.805. The number of aldehydes is 1. The van der Waals surface area contributed by atoms with Gasteiger partial charge in [0, 0.05) is 23.0 Å². The van der Waals surface area contributed by atoms with Crippen LogP contribution in [0.1, 0.15) is 19.4 Å². The Morgan fingerprint density at radius 3 is 2.74 bits per heavy atom. The number of carbonyl (C=O) groups is 2.